The van der Waals surface area contributed by atoms with Gasteiger partial charge in [-0.2, -0.15) is 0 Å². The largest absolute Gasteiger partial charge is 0.383 e. The van der Waals surface area contributed by atoms with Gasteiger partial charge in [0.2, 0.25) is 5.91 Å². The first-order chi connectivity index (χ1) is 10.0. The number of hydrogen-bond acceptors (Lipinski definition) is 6. The average molecular weight is 295 g/mol. The summed E-state index contributed by atoms with van der Waals surface area (Å²) in [6.07, 6.45) is 0.734. The van der Waals surface area contributed by atoms with Crippen LogP contribution in [0.5, 0.6) is 0 Å². The Morgan fingerprint density at radius 3 is 2.57 bits per heavy atom. The van der Waals surface area contributed by atoms with E-state index in [0.29, 0.717) is 19.0 Å². The van der Waals surface area contributed by atoms with Crippen molar-refractivity contribution in [1.29, 1.82) is 0 Å². The molecule has 1 amide bonds. The van der Waals surface area contributed by atoms with Crippen LogP contribution in [0.3, 0.4) is 0 Å². The lowest BCUT2D eigenvalue weighted by Crippen LogP contribution is -2.39. The lowest BCUT2D eigenvalue weighted by atomic mass is 10.2. The van der Waals surface area contributed by atoms with Gasteiger partial charge in [0, 0.05) is 32.7 Å². The molecule has 7 nitrogen and oxygen atoms in total. The van der Waals surface area contributed by atoms with E-state index in [-0.39, 0.29) is 11.9 Å². The van der Waals surface area contributed by atoms with E-state index in [4.69, 9.17) is 4.74 Å². The van der Waals surface area contributed by atoms with Crippen molar-refractivity contribution in [1.82, 2.24) is 15.3 Å². The summed E-state index contributed by atoms with van der Waals surface area (Å²) < 4.78 is 4.91. The Balaban J connectivity index is 2.79. The summed E-state index contributed by atoms with van der Waals surface area (Å²) in [6.45, 7) is 6.70. The molecule has 1 rings (SSSR count). The maximum atomic E-state index is 12.0. The van der Waals surface area contributed by atoms with Crippen molar-refractivity contribution in [3.05, 3.63) is 11.4 Å². The van der Waals surface area contributed by atoms with Crippen molar-refractivity contribution in [3.63, 3.8) is 0 Å². The van der Waals surface area contributed by atoms with Gasteiger partial charge in [-0.15, -0.1) is 0 Å². The minimum absolute atomic E-state index is 0.0888. The molecule has 0 aliphatic carbocycles. The van der Waals surface area contributed by atoms with Crippen LogP contribution in [0.2, 0.25) is 0 Å². The van der Waals surface area contributed by atoms with Crippen molar-refractivity contribution < 1.29 is 9.53 Å². The fraction of sp³-hybridized carbons (Fsp3) is 0.643. The Morgan fingerprint density at radius 2 is 2.00 bits per heavy atom. The van der Waals surface area contributed by atoms with Gasteiger partial charge in [0.15, 0.2) is 0 Å². The van der Waals surface area contributed by atoms with E-state index < -0.39 is 0 Å². The zero-order valence-corrected chi connectivity index (χ0v) is 13.4. The number of carbonyl (C=O) groups is 1. The number of aryl methyl sites for hydroxylation is 1. The van der Waals surface area contributed by atoms with Crippen LogP contribution < -0.4 is 16.0 Å². The standard InChI is InChI=1S/C14H25N5O2/c1-6-11-18-12(15-4)9(2)13(19-11)17-10(3)14(20)16-7-8-21-5/h10H,6-8H2,1-5H3,(H,16,20)(H2,15,17,18,19). The molecule has 0 saturated carbocycles. The summed E-state index contributed by atoms with van der Waals surface area (Å²) in [6, 6.07) is -0.384. The molecule has 1 aromatic heterocycles. The predicted octanol–water partition coefficient (Wildman–Crippen LogP) is 0.952. The predicted molar refractivity (Wildman–Crippen MR) is 83.7 cm³/mol. The van der Waals surface area contributed by atoms with Crippen LogP contribution in [0.4, 0.5) is 11.6 Å². The zero-order valence-electron chi connectivity index (χ0n) is 13.4. The van der Waals surface area contributed by atoms with Crippen molar-refractivity contribution in [2.24, 2.45) is 0 Å². The highest BCUT2D eigenvalue weighted by atomic mass is 16.5. The summed E-state index contributed by atoms with van der Waals surface area (Å²) in [5.74, 6) is 2.10. The molecule has 1 atom stereocenters. The van der Waals surface area contributed by atoms with Gasteiger partial charge in [-0.25, -0.2) is 9.97 Å². The van der Waals surface area contributed by atoms with E-state index in [1.54, 1.807) is 14.0 Å². The molecular formula is C14H25N5O2. The molecular weight excluding hydrogens is 270 g/mol. The Hall–Kier alpha value is -1.89. The lowest BCUT2D eigenvalue weighted by Gasteiger charge is -2.18. The summed E-state index contributed by atoms with van der Waals surface area (Å²) in [5, 5.41) is 8.98. The van der Waals surface area contributed by atoms with Crippen LogP contribution in [0.15, 0.2) is 0 Å². The second-order valence-corrected chi connectivity index (χ2v) is 4.72. The minimum Gasteiger partial charge on any atom is -0.383 e. The highest BCUT2D eigenvalue weighted by molar-refractivity contribution is 5.84. The molecule has 1 aromatic rings. The molecule has 21 heavy (non-hydrogen) atoms. The number of rotatable bonds is 8. The SMILES string of the molecule is CCc1nc(NC)c(C)c(NC(C)C(=O)NCCOC)n1. The fourth-order valence-electron chi connectivity index (χ4n) is 1.81. The maximum absolute atomic E-state index is 12.0. The number of hydrogen-bond donors (Lipinski definition) is 3. The number of aromatic nitrogens is 2. The number of carbonyl (C=O) groups excluding carboxylic acids is 1. The first-order valence-corrected chi connectivity index (χ1v) is 7.11. The highest BCUT2D eigenvalue weighted by Crippen LogP contribution is 2.20. The summed E-state index contributed by atoms with van der Waals surface area (Å²) in [7, 11) is 3.42. The van der Waals surface area contributed by atoms with Crippen LogP contribution in [-0.4, -0.2) is 49.2 Å². The van der Waals surface area contributed by atoms with E-state index in [1.165, 1.54) is 0 Å². The van der Waals surface area contributed by atoms with Gasteiger partial charge < -0.3 is 20.7 Å². The lowest BCUT2D eigenvalue weighted by molar-refractivity contribution is -0.121. The molecule has 0 saturated heterocycles. The molecule has 118 valence electrons. The molecule has 0 bridgehead atoms. The average Bonchev–Trinajstić information content (AvgIpc) is 2.49. The van der Waals surface area contributed by atoms with Crippen molar-refractivity contribution in [2.45, 2.75) is 33.2 Å². The molecule has 0 radical (unpaired) electrons. The number of nitrogens with zero attached hydrogens (tertiary/aromatic N) is 2. The molecule has 0 spiro atoms. The van der Waals surface area contributed by atoms with E-state index in [1.807, 2.05) is 20.9 Å². The molecule has 1 heterocycles. The topological polar surface area (TPSA) is 88.2 Å². The van der Waals surface area contributed by atoms with E-state index in [9.17, 15) is 4.79 Å². The number of nitrogens with one attached hydrogen (secondary N) is 3. The normalized spacial score (nSPS) is 11.9. The van der Waals surface area contributed by atoms with Gasteiger partial charge in [-0.05, 0) is 13.8 Å². The molecule has 0 aliphatic rings. The highest BCUT2D eigenvalue weighted by Gasteiger charge is 2.16. The number of ether oxygens (including phenoxy) is 1. The molecule has 1 unspecified atom stereocenters. The number of amides is 1. The van der Waals surface area contributed by atoms with Crippen molar-refractivity contribution >= 4 is 17.5 Å². The zero-order chi connectivity index (χ0) is 15.8. The first-order valence-electron chi connectivity index (χ1n) is 7.11. The molecule has 7 heteroatoms. The van der Waals surface area contributed by atoms with Crippen LogP contribution in [-0.2, 0) is 16.0 Å². The van der Waals surface area contributed by atoms with Gasteiger partial charge in [0.25, 0.3) is 0 Å². The third-order valence-electron chi connectivity index (χ3n) is 3.10. The van der Waals surface area contributed by atoms with Gasteiger partial charge >= 0.3 is 0 Å². The molecule has 0 aliphatic heterocycles. The Morgan fingerprint density at radius 1 is 1.33 bits per heavy atom. The van der Waals surface area contributed by atoms with Gasteiger partial charge in [-0.3, -0.25) is 4.79 Å². The molecule has 0 aromatic carbocycles. The Bertz CT molecular complexity index is 479. The third kappa shape index (κ3) is 4.86. The van der Waals surface area contributed by atoms with Gasteiger partial charge in [0.1, 0.15) is 23.5 Å². The van der Waals surface area contributed by atoms with Crippen molar-refractivity contribution in [2.75, 3.05) is 37.9 Å². The summed E-state index contributed by atoms with van der Waals surface area (Å²) >= 11 is 0. The first kappa shape index (κ1) is 17.2. The van der Waals surface area contributed by atoms with E-state index in [0.717, 1.165) is 23.6 Å². The third-order valence-corrected chi connectivity index (χ3v) is 3.10. The van der Waals surface area contributed by atoms with Gasteiger partial charge in [0.05, 0.1) is 6.61 Å². The quantitative estimate of drug-likeness (QED) is 0.619. The van der Waals surface area contributed by atoms with Crippen LogP contribution >= 0.6 is 0 Å². The Labute approximate surface area is 125 Å². The summed E-state index contributed by atoms with van der Waals surface area (Å²) in [4.78, 5) is 20.8. The Kier molecular flexibility index (Phi) is 6.87. The number of anilines is 2. The number of methoxy groups -OCH3 is 1. The van der Waals surface area contributed by atoms with Crippen LogP contribution in [0, 0.1) is 6.92 Å². The molecule has 0 fully saturated rings. The van der Waals surface area contributed by atoms with Gasteiger partial charge in [-0.1, -0.05) is 6.92 Å². The minimum atomic E-state index is -0.384. The maximum Gasteiger partial charge on any atom is 0.242 e. The fourth-order valence-corrected chi connectivity index (χ4v) is 1.81. The molecule has 3 N–H and O–H groups in total. The monoisotopic (exact) mass is 295 g/mol. The van der Waals surface area contributed by atoms with Crippen molar-refractivity contribution in [3.8, 4) is 0 Å². The smallest absolute Gasteiger partial charge is 0.242 e. The second-order valence-electron chi connectivity index (χ2n) is 4.72. The van der Waals surface area contributed by atoms with E-state index in [2.05, 4.69) is 25.9 Å². The van der Waals surface area contributed by atoms with Crippen LogP contribution in [0.25, 0.3) is 0 Å². The summed E-state index contributed by atoms with van der Waals surface area (Å²) in [5.41, 5.74) is 0.895. The second kappa shape index (κ2) is 8.41. The van der Waals surface area contributed by atoms with E-state index >= 15 is 0 Å². The van der Waals surface area contributed by atoms with Crippen LogP contribution in [0.1, 0.15) is 25.2 Å².